The van der Waals surface area contributed by atoms with Crippen LogP contribution >= 0.6 is 0 Å². The normalized spacial score (nSPS) is 10.4. The Kier molecular flexibility index (Phi) is 5.17. The maximum Gasteiger partial charge on any atom is 0.186 e. The number of hydrogen-bond donors (Lipinski definition) is 1. The van der Waals surface area contributed by atoms with Gasteiger partial charge in [-0.3, -0.25) is 5.10 Å². The van der Waals surface area contributed by atoms with E-state index in [0.29, 0.717) is 6.54 Å². The largest absolute Gasteiger partial charge is 0.340 e. The number of hydrogen-bond acceptors (Lipinski definition) is 4. The van der Waals surface area contributed by atoms with Crippen LogP contribution in [0.4, 0.5) is 0 Å². The van der Waals surface area contributed by atoms with Gasteiger partial charge in [0, 0.05) is 30.7 Å². The molecule has 2 rings (SSSR count). The highest BCUT2D eigenvalue weighted by molar-refractivity contribution is 6.04. The molecule has 1 aromatic heterocycles. The Morgan fingerprint density at radius 1 is 1.25 bits per heavy atom. The molecule has 2 aromatic rings. The molecule has 0 spiro atoms. The third kappa shape index (κ3) is 4.42. The Morgan fingerprint density at radius 3 is 2.65 bits per heavy atom. The van der Waals surface area contributed by atoms with Crippen LogP contribution in [-0.2, 0) is 19.5 Å². The minimum Gasteiger partial charge on any atom is -0.340 e. The Labute approximate surface area is 118 Å². The van der Waals surface area contributed by atoms with Gasteiger partial charge in [-0.2, -0.15) is 0 Å². The van der Waals surface area contributed by atoms with Gasteiger partial charge in [0.1, 0.15) is 0 Å². The van der Waals surface area contributed by atoms with Crippen molar-refractivity contribution in [3.63, 3.8) is 0 Å². The van der Waals surface area contributed by atoms with E-state index >= 15 is 0 Å². The molecule has 0 atom stereocenters. The lowest BCUT2D eigenvalue weighted by molar-refractivity contribution is 0.437. The van der Waals surface area contributed by atoms with Crippen LogP contribution in [0.5, 0.6) is 0 Å². The van der Waals surface area contributed by atoms with Gasteiger partial charge in [-0.05, 0) is 23.1 Å². The molecule has 1 heterocycles. The van der Waals surface area contributed by atoms with E-state index in [4.69, 9.17) is 5.53 Å². The van der Waals surface area contributed by atoms with Crippen LogP contribution in [0, 0.1) is 0 Å². The summed E-state index contributed by atoms with van der Waals surface area (Å²) in [5, 5.41) is 13.9. The third-order valence-corrected chi connectivity index (χ3v) is 2.94. The Balaban J connectivity index is 1.85. The zero-order valence-electron chi connectivity index (χ0n) is 11.4. The number of aromatic amines is 1. The summed E-state index contributed by atoms with van der Waals surface area (Å²) in [6.45, 7) is 2.11. The maximum absolute atomic E-state index is 8.23. The molecule has 1 N–H and O–H groups in total. The minimum absolute atomic E-state index is 0.502. The first-order valence-corrected chi connectivity index (χ1v) is 6.40. The lowest BCUT2D eigenvalue weighted by Crippen LogP contribution is -2.19. The number of nitrogens with zero attached hydrogens (tertiary/aromatic N) is 6. The molecule has 0 amide bonds. The predicted octanol–water partition coefficient (Wildman–Crippen LogP) is 1.21. The van der Waals surface area contributed by atoms with Crippen molar-refractivity contribution in [2.45, 2.75) is 19.5 Å². The summed E-state index contributed by atoms with van der Waals surface area (Å²) in [7, 11) is 2.05. The highest BCUT2D eigenvalue weighted by Crippen LogP contribution is 2.08. The highest BCUT2D eigenvalue weighted by Gasteiger charge is 2.03. The van der Waals surface area contributed by atoms with Crippen molar-refractivity contribution in [3.05, 3.63) is 57.7 Å². The molecule has 8 heteroatoms. The molecule has 0 aliphatic rings. The minimum atomic E-state index is 0.502. The van der Waals surface area contributed by atoms with Crippen molar-refractivity contribution >= 4 is 7.98 Å². The summed E-state index contributed by atoms with van der Waals surface area (Å²) in [6.07, 6.45) is 2.58. The predicted molar refractivity (Wildman–Crippen MR) is 78.3 cm³/mol. The Morgan fingerprint density at radius 2 is 2.00 bits per heavy atom. The summed E-state index contributed by atoms with van der Waals surface area (Å²) in [5.41, 5.74) is 11.6. The fourth-order valence-electron chi connectivity index (χ4n) is 1.98. The van der Waals surface area contributed by atoms with Gasteiger partial charge < -0.3 is 4.81 Å². The molecule has 0 unspecified atom stereocenters. The van der Waals surface area contributed by atoms with Crippen molar-refractivity contribution < 1.29 is 0 Å². The van der Waals surface area contributed by atoms with Crippen LogP contribution in [0.25, 0.3) is 10.4 Å². The molecule has 0 radical (unpaired) electrons. The monoisotopic (exact) mass is 269 g/mol. The number of rotatable bonds is 7. The van der Waals surface area contributed by atoms with Gasteiger partial charge in [-0.15, -0.1) is 5.10 Å². The molecule has 0 saturated carbocycles. The molecule has 102 valence electrons. The number of H-pyrrole nitrogens is 1. The second-order valence-corrected chi connectivity index (χ2v) is 4.66. The van der Waals surface area contributed by atoms with Gasteiger partial charge in [0.2, 0.25) is 0 Å². The molecule has 0 aliphatic carbocycles. The fraction of sp³-hybridized carbons (Fsp3) is 0.333. The van der Waals surface area contributed by atoms with Gasteiger partial charge in [-0.25, -0.2) is 0 Å². The van der Waals surface area contributed by atoms with E-state index in [1.54, 1.807) is 6.20 Å². The van der Waals surface area contributed by atoms with Crippen molar-refractivity contribution in [2.24, 2.45) is 5.11 Å². The first kappa shape index (κ1) is 14.1. The Hall–Kier alpha value is -2.31. The van der Waals surface area contributed by atoms with Crippen molar-refractivity contribution in [1.82, 2.24) is 20.2 Å². The smallest absolute Gasteiger partial charge is 0.186 e. The van der Waals surface area contributed by atoms with E-state index in [0.717, 1.165) is 25.2 Å². The van der Waals surface area contributed by atoms with E-state index in [1.807, 2.05) is 7.98 Å². The fourth-order valence-corrected chi connectivity index (χ4v) is 1.98. The van der Waals surface area contributed by atoms with Gasteiger partial charge >= 0.3 is 0 Å². The average molecular weight is 269 g/mol. The van der Waals surface area contributed by atoms with E-state index in [1.165, 1.54) is 11.1 Å². The molecule has 0 aliphatic heterocycles. The summed E-state index contributed by atoms with van der Waals surface area (Å²) in [6, 6.07) is 8.35. The second-order valence-electron chi connectivity index (χ2n) is 4.66. The summed E-state index contributed by atoms with van der Waals surface area (Å²) < 4.78 is 0. The van der Waals surface area contributed by atoms with Gasteiger partial charge in [0.15, 0.2) is 7.98 Å². The summed E-state index contributed by atoms with van der Waals surface area (Å²) in [4.78, 5) is 4.92. The second kappa shape index (κ2) is 7.32. The van der Waals surface area contributed by atoms with Crippen LogP contribution in [0.3, 0.4) is 0 Å². The molecule has 7 nitrogen and oxygen atoms in total. The first-order valence-electron chi connectivity index (χ1n) is 6.40. The van der Waals surface area contributed by atoms with Crippen molar-refractivity contribution in [1.29, 1.82) is 0 Å². The van der Waals surface area contributed by atoms with E-state index in [2.05, 4.69) is 54.5 Å². The van der Waals surface area contributed by atoms with E-state index < -0.39 is 0 Å². The van der Waals surface area contributed by atoms with Crippen LogP contribution < -0.4 is 0 Å². The quantitative estimate of drug-likeness (QED) is 0.354. The molecular formula is C12H16BN7. The average Bonchev–Trinajstić information content (AvgIpc) is 2.94. The molecule has 0 saturated heterocycles. The zero-order valence-corrected chi connectivity index (χ0v) is 11.4. The van der Waals surface area contributed by atoms with Gasteiger partial charge in [0.25, 0.3) is 0 Å². The highest BCUT2D eigenvalue weighted by atomic mass is 15.3. The molecule has 0 bridgehead atoms. The molecule has 0 fully saturated rings. The number of nitrogens with one attached hydrogen (secondary N) is 1. The third-order valence-electron chi connectivity index (χ3n) is 2.94. The van der Waals surface area contributed by atoms with Crippen LogP contribution in [0.2, 0.25) is 0 Å². The van der Waals surface area contributed by atoms with E-state index in [-0.39, 0.29) is 0 Å². The number of benzene rings is 1. The Bertz CT molecular complexity index is 560. The SMILES string of the molecule is BN(Cc1ccc(CCN=[N+]=[N-])cc1)Cc1c[nH]nn1. The van der Waals surface area contributed by atoms with Gasteiger partial charge in [-0.1, -0.05) is 34.6 Å². The van der Waals surface area contributed by atoms with Crippen LogP contribution in [-0.4, -0.2) is 34.7 Å². The van der Waals surface area contributed by atoms with Gasteiger partial charge in [0.05, 0.1) is 5.69 Å². The van der Waals surface area contributed by atoms with Crippen LogP contribution in [0.15, 0.2) is 35.6 Å². The summed E-state index contributed by atoms with van der Waals surface area (Å²) in [5.74, 6) is 0. The number of azide groups is 1. The maximum atomic E-state index is 8.23. The van der Waals surface area contributed by atoms with Crippen molar-refractivity contribution in [2.75, 3.05) is 6.54 Å². The van der Waals surface area contributed by atoms with E-state index in [9.17, 15) is 0 Å². The number of aromatic nitrogens is 3. The lowest BCUT2D eigenvalue weighted by atomic mass is 10.1. The zero-order chi connectivity index (χ0) is 14.2. The standard InChI is InChI=1S/C12H16BN7/c13-20(9-12-7-16-19-17-12)8-11-3-1-10(2-4-11)5-6-15-18-14/h1-4,7H,5-6,8-9,13H2,(H,16,17,19). The first-order chi connectivity index (χ1) is 9.78. The summed E-state index contributed by atoms with van der Waals surface area (Å²) >= 11 is 0. The topological polar surface area (TPSA) is 93.6 Å². The van der Waals surface area contributed by atoms with Crippen LogP contribution in [0.1, 0.15) is 16.8 Å². The van der Waals surface area contributed by atoms with Crippen molar-refractivity contribution in [3.8, 4) is 0 Å². The molecule has 20 heavy (non-hydrogen) atoms. The molecular weight excluding hydrogens is 253 g/mol. The lowest BCUT2D eigenvalue weighted by Gasteiger charge is -2.15. The molecule has 1 aromatic carbocycles.